The number of piperazine rings is 2. The average molecular weight is 543 g/mol. The molecular formula is C27H30F4N8. The lowest BCUT2D eigenvalue weighted by atomic mass is 10.1. The highest BCUT2D eigenvalue weighted by molar-refractivity contribution is 5.60. The van der Waals surface area contributed by atoms with Crippen LogP contribution in [-0.2, 0) is 6.18 Å². The zero-order chi connectivity index (χ0) is 27.6. The summed E-state index contributed by atoms with van der Waals surface area (Å²) in [5.41, 5.74) is 0.412. The standard InChI is InChI=1S/C27H30F4N8/c1-3-9-36-10-12-38(13-11-36)25-33-23(20-6-7-22(28)19(2)18-20)34-26(35-25)39-16-14-37(15-17-39)24-21(27(29,30)31)5-4-8-32-24/h3-8,18H,1,9-17H2,2H3. The minimum atomic E-state index is -4.48. The summed E-state index contributed by atoms with van der Waals surface area (Å²) >= 11 is 0. The Labute approximate surface area is 224 Å². The van der Waals surface area contributed by atoms with Gasteiger partial charge in [-0.2, -0.15) is 28.1 Å². The lowest BCUT2D eigenvalue weighted by Crippen LogP contribution is -2.49. The van der Waals surface area contributed by atoms with Crippen molar-refractivity contribution in [2.45, 2.75) is 13.1 Å². The number of aryl methyl sites for hydroxylation is 1. The van der Waals surface area contributed by atoms with Crippen molar-refractivity contribution in [3.63, 3.8) is 0 Å². The summed E-state index contributed by atoms with van der Waals surface area (Å²) in [6.45, 7) is 10.9. The molecule has 206 valence electrons. The Morgan fingerprint density at radius 2 is 1.49 bits per heavy atom. The molecule has 0 atom stereocenters. The van der Waals surface area contributed by atoms with Gasteiger partial charge in [0.25, 0.3) is 0 Å². The van der Waals surface area contributed by atoms with Crippen molar-refractivity contribution in [3.05, 3.63) is 66.1 Å². The van der Waals surface area contributed by atoms with Crippen LogP contribution in [0, 0.1) is 12.7 Å². The molecule has 2 aromatic heterocycles. The van der Waals surface area contributed by atoms with E-state index in [1.165, 1.54) is 18.3 Å². The molecule has 0 bridgehead atoms. The molecule has 2 saturated heterocycles. The van der Waals surface area contributed by atoms with Crippen molar-refractivity contribution in [1.29, 1.82) is 0 Å². The first-order chi connectivity index (χ1) is 18.7. The summed E-state index contributed by atoms with van der Waals surface area (Å²) in [5.74, 6) is 1.03. The maximum Gasteiger partial charge on any atom is 0.419 e. The van der Waals surface area contributed by atoms with Crippen molar-refractivity contribution < 1.29 is 17.6 Å². The van der Waals surface area contributed by atoms with E-state index in [4.69, 9.17) is 15.0 Å². The molecule has 0 radical (unpaired) electrons. The fraction of sp³-hybridized carbons (Fsp3) is 0.407. The Bertz CT molecular complexity index is 1320. The molecule has 0 N–H and O–H groups in total. The Morgan fingerprint density at radius 1 is 0.872 bits per heavy atom. The number of hydrogen-bond donors (Lipinski definition) is 0. The zero-order valence-electron chi connectivity index (χ0n) is 21.7. The van der Waals surface area contributed by atoms with Crippen molar-refractivity contribution in [3.8, 4) is 11.4 Å². The fourth-order valence-electron chi connectivity index (χ4n) is 4.85. The van der Waals surface area contributed by atoms with E-state index in [9.17, 15) is 17.6 Å². The largest absolute Gasteiger partial charge is 0.419 e. The van der Waals surface area contributed by atoms with E-state index >= 15 is 0 Å². The minimum absolute atomic E-state index is 0.0687. The van der Waals surface area contributed by atoms with Crippen LogP contribution in [-0.4, -0.2) is 83.7 Å². The van der Waals surface area contributed by atoms with E-state index in [1.807, 2.05) is 11.0 Å². The lowest BCUT2D eigenvalue weighted by molar-refractivity contribution is -0.137. The summed E-state index contributed by atoms with van der Waals surface area (Å²) in [7, 11) is 0. The third-order valence-corrected chi connectivity index (χ3v) is 7.02. The number of pyridine rings is 1. The van der Waals surface area contributed by atoms with Crippen LogP contribution in [0.1, 0.15) is 11.1 Å². The summed E-state index contributed by atoms with van der Waals surface area (Å²) in [6.07, 6.45) is -1.23. The second-order valence-corrected chi connectivity index (χ2v) is 9.65. The molecule has 0 unspecified atom stereocenters. The molecule has 1 aromatic carbocycles. The van der Waals surface area contributed by atoms with E-state index in [0.29, 0.717) is 55.0 Å². The Hall–Kier alpha value is -3.80. The lowest BCUT2D eigenvalue weighted by Gasteiger charge is -2.37. The molecule has 8 nitrogen and oxygen atoms in total. The van der Waals surface area contributed by atoms with E-state index in [2.05, 4.69) is 21.4 Å². The smallest absolute Gasteiger partial charge is 0.353 e. The van der Waals surface area contributed by atoms with Gasteiger partial charge < -0.3 is 14.7 Å². The van der Waals surface area contributed by atoms with E-state index < -0.39 is 11.7 Å². The summed E-state index contributed by atoms with van der Waals surface area (Å²) < 4.78 is 54.6. The zero-order valence-corrected chi connectivity index (χ0v) is 21.7. The predicted molar refractivity (Wildman–Crippen MR) is 142 cm³/mol. The molecule has 5 rings (SSSR count). The number of rotatable bonds is 6. The summed E-state index contributed by atoms with van der Waals surface area (Å²) in [6, 6.07) is 7.10. The van der Waals surface area contributed by atoms with Crippen LogP contribution in [0.15, 0.2) is 49.2 Å². The highest BCUT2D eigenvalue weighted by atomic mass is 19.4. The third kappa shape index (κ3) is 5.95. The topological polar surface area (TPSA) is 64.5 Å². The van der Waals surface area contributed by atoms with E-state index in [-0.39, 0.29) is 11.6 Å². The Balaban J connectivity index is 1.41. The van der Waals surface area contributed by atoms with Gasteiger partial charge in [0.15, 0.2) is 5.82 Å². The molecule has 0 spiro atoms. The number of alkyl halides is 3. The second kappa shape index (κ2) is 11.1. The number of halogens is 4. The SMILES string of the molecule is C=CCN1CCN(c2nc(-c3ccc(F)c(C)c3)nc(N3CCN(c4ncccc4C(F)(F)F)CC3)n2)CC1. The molecule has 0 amide bonds. The average Bonchev–Trinajstić information content (AvgIpc) is 2.94. The number of benzene rings is 1. The Kier molecular flexibility index (Phi) is 7.65. The van der Waals surface area contributed by atoms with Gasteiger partial charge in [-0.15, -0.1) is 6.58 Å². The molecule has 39 heavy (non-hydrogen) atoms. The van der Waals surface area contributed by atoms with Crippen LogP contribution < -0.4 is 14.7 Å². The van der Waals surface area contributed by atoms with Gasteiger partial charge in [-0.05, 0) is 42.8 Å². The molecule has 2 aliphatic rings. The molecule has 12 heteroatoms. The first-order valence-electron chi connectivity index (χ1n) is 12.9. The van der Waals surface area contributed by atoms with Crippen LogP contribution in [0.3, 0.4) is 0 Å². The highest BCUT2D eigenvalue weighted by Gasteiger charge is 2.36. The minimum Gasteiger partial charge on any atom is -0.353 e. The Morgan fingerprint density at radius 3 is 2.08 bits per heavy atom. The predicted octanol–water partition coefficient (Wildman–Crippen LogP) is 4.03. The molecule has 4 heterocycles. The number of anilines is 3. The van der Waals surface area contributed by atoms with Gasteiger partial charge in [0.05, 0.1) is 5.56 Å². The van der Waals surface area contributed by atoms with Crippen LogP contribution in [0.4, 0.5) is 35.3 Å². The first kappa shape index (κ1) is 26.8. The maximum absolute atomic E-state index is 14.0. The second-order valence-electron chi connectivity index (χ2n) is 9.65. The van der Waals surface area contributed by atoms with Crippen molar-refractivity contribution in [1.82, 2.24) is 24.8 Å². The molecule has 2 fully saturated rings. The van der Waals surface area contributed by atoms with Crippen molar-refractivity contribution >= 4 is 17.7 Å². The fourth-order valence-corrected chi connectivity index (χ4v) is 4.85. The maximum atomic E-state index is 14.0. The van der Waals surface area contributed by atoms with Gasteiger partial charge in [-0.1, -0.05) is 6.08 Å². The van der Waals surface area contributed by atoms with Gasteiger partial charge in [-0.25, -0.2) is 9.37 Å². The number of hydrogen-bond acceptors (Lipinski definition) is 8. The third-order valence-electron chi connectivity index (χ3n) is 7.02. The van der Waals surface area contributed by atoms with Gasteiger partial charge >= 0.3 is 6.18 Å². The number of aromatic nitrogens is 4. The van der Waals surface area contributed by atoms with Gasteiger partial charge in [0.1, 0.15) is 11.6 Å². The van der Waals surface area contributed by atoms with Crippen LogP contribution in [0.5, 0.6) is 0 Å². The van der Waals surface area contributed by atoms with Gasteiger partial charge in [0, 0.05) is 70.7 Å². The van der Waals surface area contributed by atoms with Crippen LogP contribution in [0.2, 0.25) is 0 Å². The van der Waals surface area contributed by atoms with Crippen LogP contribution >= 0.6 is 0 Å². The monoisotopic (exact) mass is 542 g/mol. The van der Waals surface area contributed by atoms with Crippen LogP contribution in [0.25, 0.3) is 11.4 Å². The molecule has 0 aliphatic carbocycles. The molecular weight excluding hydrogens is 512 g/mol. The molecule has 0 saturated carbocycles. The van der Waals surface area contributed by atoms with Crippen molar-refractivity contribution in [2.75, 3.05) is 73.6 Å². The number of nitrogens with zero attached hydrogens (tertiary/aromatic N) is 8. The highest BCUT2D eigenvalue weighted by Crippen LogP contribution is 2.35. The van der Waals surface area contributed by atoms with Gasteiger partial charge in [0.2, 0.25) is 11.9 Å². The normalized spacial score (nSPS) is 17.0. The molecule has 3 aromatic rings. The van der Waals surface area contributed by atoms with E-state index in [1.54, 1.807) is 24.0 Å². The first-order valence-corrected chi connectivity index (χ1v) is 12.9. The van der Waals surface area contributed by atoms with Gasteiger partial charge in [-0.3, -0.25) is 4.90 Å². The summed E-state index contributed by atoms with van der Waals surface area (Å²) in [4.78, 5) is 26.2. The van der Waals surface area contributed by atoms with Crippen molar-refractivity contribution in [2.24, 2.45) is 0 Å². The summed E-state index contributed by atoms with van der Waals surface area (Å²) in [5, 5.41) is 0. The molecule has 2 aliphatic heterocycles. The quantitative estimate of drug-likeness (QED) is 0.342. The van der Waals surface area contributed by atoms with E-state index in [0.717, 1.165) is 38.8 Å².